The Bertz CT molecular complexity index is 1900. The third-order valence-corrected chi connectivity index (χ3v) is 13.8. The molecule has 0 bridgehead atoms. The van der Waals surface area contributed by atoms with Gasteiger partial charge in [0.15, 0.2) is 15.6 Å². The molecule has 1 heterocycles. The number of sulfonamides is 1. The predicted octanol–water partition coefficient (Wildman–Crippen LogP) is 6.70. The number of halogens is 3. The number of anilines is 1. The Morgan fingerprint density at radius 1 is 0.959 bits per heavy atom. The minimum absolute atomic E-state index is 0.131. The fraction of sp³-hybridized carbons (Fsp3) is 0.429. The second-order valence-corrected chi connectivity index (χ2v) is 18.3. The van der Waals surface area contributed by atoms with E-state index in [0.717, 1.165) is 4.31 Å². The molecule has 1 saturated carbocycles. The predicted molar refractivity (Wildman–Crippen MR) is 188 cm³/mol. The lowest BCUT2D eigenvalue weighted by Gasteiger charge is -2.49. The van der Waals surface area contributed by atoms with E-state index in [9.17, 15) is 26.4 Å². The largest absolute Gasteiger partial charge is 0.357 e. The lowest BCUT2D eigenvalue weighted by Crippen LogP contribution is -2.58. The van der Waals surface area contributed by atoms with Gasteiger partial charge >= 0.3 is 0 Å². The van der Waals surface area contributed by atoms with Crippen LogP contribution in [0, 0.1) is 5.82 Å². The average molecular weight is 754 g/mol. The number of amides is 1. The van der Waals surface area contributed by atoms with Crippen molar-refractivity contribution >= 4 is 60.4 Å². The molecule has 5 rings (SSSR count). The van der Waals surface area contributed by atoms with Crippen molar-refractivity contribution in [1.29, 1.82) is 0 Å². The monoisotopic (exact) mass is 752 g/mol. The molecule has 3 aromatic rings. The number of carbonyl (C=O) groups excluding carboxylic acids is 2. The van der Waals surface area contributed by atoms with E-state index in [2.05, 4.69) is 0 Å². The van der Waals surface area contributed by atoms with Crippen LogP contribution < -0.4 is 4.31 Å². The second kappa shape index (κ2) is 15.1. The summed E-state index contributed by atoms with van der Waals surface area (Å²) in [5.41, 5.74) is 1.05. The number of hydrogen-bond donors (Lipinski definition) is 0. The zero-order chi connectivity index (χ0) is 35.7. The van der Waals surface area contributed by atoms with E-state index in [1.807, 2.05) is 0 Å². The van der Waals surface area contributed by atoms with Crippen molar-refractivity contribution in [1.82, 2.24) is 4.90 Å². The Kier molecular flexibility index (Phi) is 11.4. The zero-order valence-electron chi connectivity index (χ0n) is 27.3. The molecule has 49 heavy (non-hydrogen) atoms. The van der Waals surface area contributed by atoms with Gasteiger partial charge < -0.3 is 9.64 Å². The quantitative estimate of drug-likeness (QED) is 0.180. The highest BCUT2D eigenvalue weighted by Crippen LogP contribution is 2.45. The Hall–Kier alpha value is -3.03. The fourth-order valence-corrected chi connectivity index (χ4v) is 9.16. The Labute approximate surface area is 297 Å². The van der Waals surface area contributed by atoms with Gasteiger partial charge in [0.1, 0.15) is 23.8 Å². The van der Waals surface area contributed by atoms with Gasteiger partial charge in [-0.3, -0.25) is 13.9 Å². The Morgan fingerprint density at radius 2 is 1.63 bits per heavy atom. The van der Waals surface area contributed by atoms with E-state index in [-0.39, 0.29) is 18.7 Å². The molecule has 264 valence electrons. The highest BCUT2D eigenvalue weighted by Gasteiger charge is 2.49. The second-order valence-electron chi connectivity index (χ2n) is 12.7. The topological polar surface area (TPSA) is 118 Å². The molecule has 14 heteroatoms. The summed E-state index contributed by atoms with van der Waals surface area (Å²) in [5, 5.41) is -0.639. The first-order valence-electron chi connectivity index (χ1n) is 16.1. The van der Waals surface area contributed by atoms with Crippen LogP contribution in [0.3, 0.4) is 0 Å². The lowest BCUT2D eigenvalue weighted by molar-refractivity contribution is -0.180. The molecule has 0 N–H and O–H groups in total. The molecule has 0 spiro atoms. The van der Waals surface area contributed by atoms with Gasteiger partial charge in [0.25, 0.3) is 5.91 Å². The van der Waals surface area contributed by atoms with Crippen LogP contribution in [0.2, 0.25) is 10.0 Å². The van der Waals surface area contributed by atoms with Crippen LogP contribution in [0.15, 0.2) is 72.8 Å². The van der Waals surface area contributed by atoms with Crippen LogP contribution in [0.5, 0.6) is 0 Å². The van der Waals surface area contributed by atoms with Crippen molar-refractivity contribution in [3.8, 4) is 0 Å². The molecule has 1 amide bonds. The van der Waals surface area contributed by atoms with Crippen LogP contribution >= 0.6 is 23.2 Å². The summed E-state index contributed by atoms with van der Waals surface area (Å²) in [6, 6.07) is 17.5. The van der Waals surface area contributed by atoms with Crippen molar-refractivity contribution < 1.29 is 35.6 Å². The van der Waals surface area contributed by atoms with Crippen molar-refractivity contribution in [2.75, 3.05) is 16.6 Å². The number of morpholine rings is 1. The number of rotatable bonds is 14. The third kappa shape index (κ3) is 8.31. The average Bonchev–Trinajstić information content (AvgIpc) is 3.90. The molecule has 2 fully saturated rings. The summed E-state index contributed by atoms with van der Waals surface area (Å²) in [6.45, 7) is 4.46. The third-order valence-electron chi connectivity index (χ3n) is 8.92. The van der Waals surface area contributed by atoms with Gasteiger partial charge in [-0.15, -0.1) is 0 Å². The van der Waals surface area contributed by atoms with Crippen LogP contribution in [-0.2, 0) is 34.2 Å². The normalized spacial score (nSPS) is 20.8. The molecule has 3 aromatic carbocycles. The minimum atomic E-state index is -4.02. The molecule has 0 unspecified atom stereocenters. The number of nitrogens with zero attached hydrogens (tertiary/aromatic N) is 2. The maximum atomic E-state index is 15.3. The fourth-order valence-electron chi connectivity index (χ4n) is 6.04. The number of ketones is 1. The molecular weight excluding hydrogens is 714 g/mol. The SMILES string of the molecule is CC[C@@H](CN(c1ccccc1F)S(=O)(=O)C1CC1)N1C(=O)[C@H](CC(=O)CS(=O)(=O)C(C)C)O[C@H](c2cccc(Cl)c2)[C@H]1c1ccc(Cl)cc1. The smallest absolute Gasteiger partial charge is 0.253 e. The number of carbonyl (C=O) groups is 2. The number of sulfone groups is 1. The lowest BCUT2D eigenvalue weighted by atomic mass is 9.89. The molecule has 1 aliphatic carbocycles. The van der Waals surface area contributed by atoms with Gasteiger partial charge in [-0.1, -0.05) is 66.5 Å². The van der Waals surface area contributed by atoms with E-state index < -0.39 is 84.3 Å². The zero-order valence-corrected chi connectivity index (χ0v) is 30.5. The first-order chi connectivity index (χ1) is 23.1. The van der Waals surface area contributed by atoms with Gasteiger partial charge in [0, 0.05) is 16.5 Å². The first-order valence-corrected chi connectivity index (χ1v) is 20.1. The van der Waals surface area contributed by atoms with Gasteiger partial charge in [-0.25, -0.2) is 21.2 Å². The molecule has 0 radical (unpaired) electrons. The standard InChI is InChI=1S/C35H39Cl2FN2O7S2/c1-4-27(20-39(49(45,46)29-16-17-29)31-11-6-5-10-30(31)38)40-33(23-12-14-25(36)15-13-23)34(24-8-7-9-26(37)18-24)47-32(35(40)42)19-28(41)21-48(43,44)22(2)3/h5-15,18,22,27,29,32-34H,4,16-17,19-21H2,1-3H3/t27-,32-,33+,34+/m0/s1. The Balaban J connectivity index is 1.64. The van der Waals surface area contributed by atoms with E-state index in [1.54, 1.807) is 61.5 Å². The van der Waals surface area contributed by atoms with Gasteiger partial charge in [0.2, 0.25) is 10.0 Å². The number of Topliss-reactive ketones (excluding diaryl/α,β-unsaturated/α-hetero) is 1. The summed E-state index contributed by atoms with van der Waals surface area (Å²) in [7, 11) is -7.78. The Morgan fingerprint density at radius 3 is 2.22 bits per heavy atom. The molecule has 1 saturated heterocycles. The highest BCUT2D eigenvalue weighted by molar-refractivity contribution is 7.93. The van der Waals surface area contributed by atoms with Crippen molar-refractivity contribution in [2.45, 2.75) is 81.2 Å². The van der Waals surface area contributed by atoms with Crippen LogP contribution in [0.1, 0.15) is 69.7 Å². The maximum absolute atomic E-state index is 15.3. The molecule has 9 nitrogen and oxygen atoms in total. The van der Waals surface area contributed by atoms with Gasteiger partial charge in [-0.05, 0) is 80.6 Å². The molecule has 0 aromatic heterocycles. The van der Waals surface area contributed by atoms with Gasteiger partial charge in [0.05, 0.1) is 34.8 Å². The number of hydrogen-bond acceptors (Lipinski definition) is 7. The van der Waals surface area contributed by atoms with E-state index in [1.165, 1.54) is 36.9 Å². The number of para-hydroxylation sites is 1. The first kappa shape index (κ1) is 37.2. The van der Waals surface area contributed by atoms with Crippen LogP contribution in [0.4, 0.5) is 10.1 Å². The molecule has 4 atom stereocenters. The molecular formula is C35H39Cl2FN2O7S2. The maximum Gasteiger partial charge on any atom is 0.253 e. The summed E-state index contributed by atoms with van der Waals surface area (Å²) in [6.07, 6.45) is -1.74. The number of benzene rings is 3. The van der Waals surface area contributed by atoms with Crippen molar-refractivity contribution in [3.63, 3.8) is 0 Å². The summed E-state index contributed by atoms with van der Waals surface area (Å²) < 4.78 is 75.8. The van der Waals surface area contributed by atoms with Crippen molar-refractivity contribution in [2.24, 2.45) is 0 Å². The van der Waals surface area contributed by atoms with Crippen LogP contribution in [0.25, 0.3) is 0 Å². The number of ether oxygens (including phenoxy) is 1. The van der Waals surface area contributed by atoms with E-state index in [0.29, 0.717) is 34.0 Å². The molecule has 2 aliphatic rings. The highest BCUT2D eigenvalue weighted by atomic mass is 35.5. The summed E-state index contributed by atoms with van der Waals surface area (Å²) in [4.78, 5) is 29.4. The van der Waals surface area contributed by atoms with Gasteiger partial charge in [-0.2, -0.15) is 0 Å². The molecule has 1 aliphatic heterocycles. The van der Waals surface area contributed by atoms with E-state index >= 15 is 4.39 Å². The summed E-state index contributed by atoms with van der Waals surface area (Å²) >= 11 is 12.7. The minimum Gasteiger partial charge on any atom is -0.357 e. The van der Waals surface area contributed by atoms with Crippen molar-refractivity contribution in [3.05, 3.63) is 99.8 Å². The van der Waals surface area contributed by atoms with Crippen LogP contribution in [-0.4, -0.2) is 68.4 Å². The summed E-state index contributed by atoms with van der Waals surface area (Å²) in [5.74, 6) is -2.81. The van der Waals surface area contributed by atoms with E-state index in [4.69, 9.17) is 27.9 Å².